The second-order valence-corrected chi connectivity index (χ2v) is 7.27. The van der Waals surface area contributed by atoms with Gasteiger partial charge < -0.3 is 13.8 Å². The Bertz CT molecular complexity index is 771. The van der Waals surface area contributed by atoms with Crippen LogP contribution in [-0.2, 0) is 15.7 Å². The Morgan fingerprint density at radius 1 is 1.08 bits per heavy atom. The summed E-state index contributed by atoms with van der Waals surface area (Å²) < 4.78 is 31.5. The van der Waals surface area contributed by atoms with Gasteiger partial charge in [-0.1, -0.05) is 35.5 Å². The lowest BCUT2D eigenvalue weighted by atomic mass is 9.84. The first-order valence-corrected chi connectivity index (χ1v) is 8.28. The van der Waals surface area contributed by atoms with Crippen molar-refractivity contribution in [1.82, 2.24) is 10.1 Å². The molecule has 25 heavy (non-hydrogen) atoms. The van der Waals surface area contributed by atoms with E-state index in [1.54, 1.807) is 6.92 Å². The van der Waals surface area contributed by atoms with Crippen LogP contribution >= 0.6 is 0 Å². The maximum absolute atomic E-state index is 14.7. The van der Waals surface area contributed by atoms with Gasteiger partial charge in [0, 0.05) is 12.0 Å². The van der Waals surface area contributed by atoms with Gasteiger partial charge in [0.2, 0.25) is 11.7 Å². The molecule has 0 radical (unpaired) electrons. The van der Waals surface area contributed by atoms with Crippen molar-refractivity contribution in [2.45, 2.75) is 52.2 Å². The zero-order valence-corrected chi connectivity index (χ0v) is 15.2. The van der Waals surface area contributed by atoms with Gasteiger partial charge in [-0.25, -0.2) is 4.39 Å². The molecular weight excluding hydrogens is 322 g/mol. The highest BCUT2D eigenvalue weighted by atomic mass is 19.1. The summed E-state index contributed by atoms with van der Waals surface area (Å²) in [7, 11) is -1.01. The van der Waals surface area contributed by atoms with Crippen molar-refractivity contribution in [3.63, 3.8) is 0 Å². The standard InChI is InChI=1S/C18H22BFN2O3/c1-12(15(20)19-24-17(2,3)18(4,5)25-19)11-14-21-16(22-23-14)13-9-7-6-8-10-13/h6-10H,11H2,1-5H3. The van der Waals surface area contributed by atoms with Crippen LogP contribution in [-0.4, -0.2) is 28.5 Å². The Labute approximate surface area is 147 Å². The monoisotopic (exact) mass is 344 g/mol. The van der Waals surface area contributed by atoms with Crippen molar-refractivity contribution in [3.8, 4) is 11.4 Å². The third-order valence-corrected chi connectivity index (χ3v) is 4.78. The summed E-state index contributed by atoms with van der Waals surface area (Å²) in [4.78, 5) is 4.33. The molecule has 0 aliphatic carbocycles. The van der Waals surface area contributed by atoms with Gasteiger partial charge in [-0.15, -0.1) is 0 Å². The average Bonchev–Trinajstić information content (AvgIpc) is 3.10. The molecule has 1 aliphatic heterocycles. The van der Waals surface area contributed by atoms with E-state index in [4.69, 9.17) is 13.8 Å². The molecule has 0 amide bonds. The molecule has 0 unspecified atom stereocenters. The van der Waals surface area contributed by atoms with Crippen LogP contribution in [0, 0.1) is 0 Å². The van der Waals surface area contributed by atoms with Crippen molar-refractivity contribution >= 4 is 7.12 Å². The van der Waals surface area contributed by atoms with Crippen LogP contribution in [0.3, 0.4) is 0 Å². The molecule has 0 N–H and O–H groups in total. The van der Waals surface area contributed by atoms with E-state index in [1.807, 2.05) is 58.0 Å². The summed E-state index contributed by atoms with van der Waals surface area (Å²) in [5.74, 6) is 0.836. The fraction of sp³-hybridized carbons (Fsp3) is 0.444. The molecule has 0 atom stereocenters. The maximum Gasteiger partial charge on any atom is 0.525 e. The predicted molar refractivity (Wildman–Crippen MR) is 93.3 cm³/mol. The van der Waals surface area contributed by atoms with E-state index in [9.17, 15) is 4.39 Å². The van der Waals surface area contributed by atoms with E-state index in [1.165, 1.54) is 0 Å². The summed E-state index contributed by atoms with van der Waals surface area (Å²) in [6.07, 6.45) is 0.204. The van der Waals surface area contributed by atoms with Crippen LogP contribution in [0.4, 0.5) is 4.39 Å². The summed E-state index contributed by atoms with van der Waals surface area (Å²) >= 11 is 0. The summed E-state index contributed by atoms with van der Waals surface area (Å²) in [6, 6.07) is 9.49. The number of allylic oxidation sites excluding steroid dienone is 1. The van der Waals surface area contributed by atoms with Gasteiger partial charge in [-0.05, 0) is 40.2 Å². The van der Waals surface area contributed by atoms with E-state index in [2.05, 4.69) is 10.1 Å². The third kappa shape index (κ3) is 3.53. The highest BCUT2D eigenvalue weighted by molar-refractivity contribution is 6.53. The molecule has 0 spiro atoms. The molecular formula is C18H22BFN2O3. The predicted octanol–water partition coefficient (Wildman–Crippen LogP) is 4.15. The van der Waals surface area contributed by atoms with Gasteiger partial charge in [0.15, 0.2) is 0 Å². The number of halogens is 1. The van der Waals surface area contributed by atoms with E-state index in [0.29, 0.717) is 17.3 Å². The first kappa shape index (κ1) is 17.8. The molecule has 0 bridgehead atoms. The van der Waals surface area contributed by atoms with Crippen LogP contribution in [0.2, 0.25) is 0 Å². The molecule has 1 aromatic heterocycles. The lowest BCUT2D eigenvalue weighted by Gasteiger charge is -2.32. The third-order valence-electron chi connectivity index (χ3n) is 4.78. The molecule has 1 saturated heterocycles. The molecule has 1 aliphatic rings. The van der Waals surface area contributed by atoms with Crippen LogP contribution < -0.4 is 0 Å². The molecule has 2 heterocycles. The Hall–Kier alpha value is -1.99. The van der Waals surface area contributed by atoms with Gasteiger partial charge in [-0.2, -0.15) is 4.98 Å². The topological polar surface area (TPSA) is 57.4 Å². The summed E-state index contributed by atoms with van der Waals surface area (Å²) in [5, 5.41) is 3.95. The van der Waals surface area contributed by atoms with Crippen molar-refractivity contribution in [3.05, 3.63) is 47.5 Å². The molecule has 3 rings (SSSR count). The fourth-order valence-corrected chi connectivity index (χ4v) is 2.49. The molecule has 2 aromatic rings. The van der Waals surface area contributed by atoms with Crippen molar-refractivity contribution in [2.24, 2.45) is 0 Å². The first-order valence-electron chi connectivity index (χ1n) is 8.28. The molecule has 132 valence electrons. The number of rotatable bonds is 4. The normalized spacial score (nSPS) is 19.8. The van der Waals surface area contributed by atoms with Gasteiger partial charge >= 0.3 is 7.12 Å². The minimum Gasteiger partial charge on any atom is -0.398 e. The molecule has 5 nitrogen and oxygen atoms in total. The second kappa shape index (κ2) is 6.39. The maximum atomic E-state index is 14.7. The van der Waals surface area contributed by atoms with Crippen LogP contribution in [0.5, 0.6) is 0 Å². The number of hydrogen-bond acceptors (Lipinski definition) is 5. The smallest absolute Gasteiger partial charge is 0.398 e. The van der Waals surface area contributed by atoms with Crippen molar-refractivity contribution < 1.29 is 18.2 Å². The van der Waals surface area contributed by atoms with E-state index >= 15 is 0 Å². The largest absolute Gasteiger partial charge is 0.525 e. The van der Waals surface area contributed by atoms with Gasteiger partial charge in [0.05, 0.1) is 11.2 Å². The average molecular weight is 344 g/mol. The van der Waals surface area contributed by atoms with Gasteiger partial charge in [0.1, 0.15) is 5.73 Å². The highest BCUT2D eigenvalue weighted by Gasteiger charge is 2.53. The minimum atomic E-state index is -1.01. The Morgan fingerprint density at radius 3 is 2.28 bits per heavy atom. The van der Waals surface area contributed by atoms with Crippen LogP contribution in [0.1, 0.15) is 40.5 Å². The molecule has 7 heteroatoms. The number of nitrogens with zero attached hydrogens (tertiary/aromatic N) is 2. The van der Waals surface area contributed by atoms with Crippen LogP contribution in [0.25, 0.3) is 11.4 Å². The quantitative estimate of drug-likeness (QED) is 0.780. The number of benzene rings is 1. The lowest BCUT2D eigenvalue weighted by Crippen LogP contribution is -2.41. The summed E-state index contributed by atoms with van der Waals surface area (Å²) in [5.41, 5.74) is -0.314. The molecule has 1 fully saturated rings. The minimum absolute atomic E-state index is 0.204. The second-order valence-electron chi connectivity index (χ2n) is 7.27. The van der Waals surface area contributed by atoms with Crippen LogP contribution in [0.15, 0.2) is 46.2 Å². The first-order chi connectivity index (χ1) is 11.7. The van der Waals surface area contributed by atoms with Gasteiger partial charge in [0.25, 0.3) is 0 Å². The van der Waals surface area contributed by atoms with E-state index < -0.39 is 24.0 Å². The molecule has 0 saturated carbocycles. The van der Waals surface area contributed by atoms with E-state index in [-0.39, 0.29) is 6.42 Å². The Morgan fingerprint density at radius 2 is 1.68 bits per heavy atom. The Balaban J connectivity index is 1.75. The van der Waals surface area contributed by atoms with Crippen molar-refractivity contribution in [1.29, 1.82) is 0 Å². The zero-order valence-electron chi connectivity index (χ0n) is 15.2. The highest BCUT2D eigenvalue weighted by Crippen LogP contribution is 2.39. The lowest BCUT2D eigenvalue weighted by molar-refractivity contribution is 0.00578. The Kier molecular flexibility index (Phi) is 4.55. The number of hydrogen-bond donors (Lipinski definition) is 0. The number of aromatic nitrogens is 2. The summed E-state index contributed by atoms with van der Waals surface area (Å²) in [6.45, 7) is 9.23. The SMILES string of the molecule is CC(Cc1nc(-c2ccccc2)no1)=C(F)B1OC(C)(C)C(C)(C)O1. The zero-order chi connectivity index (χ0) is 18.2. The van der Waals surface area contributed by atoms with Crippen molar-refractivity contribution in [2.75, 3.05) is 0 Å². The fourth-order valence-electron chi connectivity index (χ4n) is 2.49. The van der Waals surface area contributed by atoms with E-state index in [0.717, 1.165) is 5.56 Å². The van der Waals surface area contributed by atoms with Gasteiger partial charge in [-0.3, -0.25) is 0 Å². The molecule has 1 aromatic carbocycles.